The third kappa shape index (κ3) is 4.47. The van der Waals surface area contributed by atoms with Crippen LogP contribution in [0.15, 0.2) is 47.4 Å². The Bertz CT molecular complexity index is 851. The summed E-state index contributed by atoms with van der Waals surface area (Å²) >= 11 is 5.77. The minimum absolute atomic E-state index is 0.0857. The molecular formula is C16H17ClN2O4S. The SMILES string of the molecule is Cc1cc(S(=O)(=O)Nc2ccc(Cl)cc2)ccc1C[C@H](N)C(=O)O. The lowest BCUT2D eigenvalue weighted by Gasteiger charge is -2.12. The molecule has 0 aromatic heterocycles. The van der Waals surface area contributed by atoms with Crippen molar-refractivity contribution in [3.8, 4) is 0 Å². The summed E-state index contributed by atoms with van der Waals surface area (Å²) in [5.41, 5.74) is 7.26. The quantitative estimate of drug-likeness (QED) is 0.725. The molecule has 8 heteroatoms. The van der Waals surface area contributed by atoms with Gasteiger partial charge in [-0.15, -0.1) is 0 Å². The van der Waals surface area contributed by atoms with Crippen molar-refractivity contribution in [3.63, 3.8) is 0 Å². The summed E-state index contributed by atoms with van der Waals surface area (Å²) in [6, 6.07) is 9.76. The van der Waals surface area contributed by atoms with Crippen molar-refractivity contribution >= 4 is 33.3 Å². The summed E-state index contributed by atoms with van der Waals surface area (Å²) in [7, 11) is -3.75. The molecule has 0 bridgehead atoms. The van der Waals surface area contributed by atoms with E-state index in [2.05, 4.69) is 4.72 Å². The number of halogens is 1. The lowest BCUT2D eigenvalue weighted by atomic mass is 10.0. The number of anilines is 1. The van der Waals surface area contributed by atoms with Gasteiger partial charge < -0.3 is 10.8 Å². The normalized spacial score (nSPS) is 12.6. The van der Waals surface area contributed by atoms with Gasteiger partial charge in [0, 0.05) is 10.7 Å². The minimum Gasteiger partial charge on any atom is -0.480 e. The molecule has 24 heavy (non-hydrogen) atoms. The number of nitrogens with two attached hydrogens (primary N) is 1. The van der Waals surface area contributed by atoms with E-state index in [9.17, 15) is 13.2 Å². The van der Waals surface area contributed by atoms with Crippen LogP contribution in [0.5, 0.6) is 0 Å². The van der Waals surface area contributed by atoms with Crippen LogP contribution < -0.4 is 10.5 Å². The van der Waals surface area contributed by atoms with E-state index in [1.807, 2.05) is 0 Å². The van der Waals surface area contributed by atoms with Crippen LogP contribution in [0.2, 0.25) is 5.02 Å². The molecule has 1 atom stereocenters. The van der Waals surface area contributed by atoms with Crippen molar-refractivity contribution in [1.29, 1.82) is 0 Å². The lowest BCUT2D eigenvalue weighted by molar-refractivity contribution is -0.138. The van der Waals surface area contributed by atoms with Gasteiger partial charge in [0.1, 0.15) is 6.04 Å². The maximum atomic E-state index is 12.4. The summed E-state index contributed by atoms with van der Waals surface area (Å²) in [5.74, 6) is -1.10. The zero-order chi connectivity index (χ0) is 17.9. The first-order valence-electron chi connectivity index (χ1n) is 7.05. The molecule has 0 spiro atoms. The molecule has 0 aliphatic heterocycles. The maximum absolute atomic E-state index is 12.4. The highest BCUT2D eigenvalue weighted by Gasteiger charge is 2.18. The van der Waals surface area contributed by atoms with Crippen LogP contribution in [-0.4, -0.2) is 25.5 Å². The number of aryl methyl sites for hydroxylation is 1. The molecule has 0 saturated heterocycles. The zero-order valence-electron chi connectivity index (χ0n) is 12.9. The van der Waals surface area contributed by atoms with E-state index in [-0.39, 0.29) is 11.3 Å². The number of hydrogen-bond acceptors (Lipinski definition) is 4. The minimum atomic E-state index is -3.75. The highest BCUT2D eigenvalue weighted by atomic mass is 35.5. The Balaban J connectivity index is 2.23. The molecule has 2 aromatic rings. The fraction of sp³-hybridized carbons (Fsp3) is 0.188. The third-order valence-electron chi connectivity index (χ3n) is 3.48. The van der Waals surface area contributed by atoms with Gasteiger partial charge in [-0.3, -0.25) is 9.52 Å². The van der Waals surface area contributed by atoms with Crippen molar-refractivity contribution in [2.24, 2.45) is 5.73 Å². The number of carbonyl (C=O) groups is 1. The van der Waals surface area contributed by atoms with Crippen molar-refractivity contribution in [2.75, 3.05) is 4.72 Å². The van der Waals surface area contributed by atoms with E-state index in [1.165, 1.54) is 12.1 Å². The zero-order valence-corrected chi connectivity index (χ0v) is 14.4. The number of aliphatic carboxylic acids is 1. The largest absolute Gasteiger partial charge is 0.480 e. The first kappa shape index (κ1) is 18.3. The Hall–Kier alpha value is -2.09. The van der Waals surface area contributed by atoms with Gasteiger partial charge in [0.2, 0.25) is 0 Å². The summed E-state index contributed by atoms with van der Waals surface area (Å²) < 4.78 is 27.3. The van der Waals surface area contributed by atoms with Crippen LogP contribution >= 0.6 is 11.6 Å². The summed E-state index contributed by atoms with van der Waals surface area (Å²) in [5, 5.41) is 9.37. The second-order valence-electron chi connectivity index (χ2n) is 5.35. The number of rotatable bonds is 6. The molecule has 0 aliphatic rings. The topological polar surface area (TPSA) is 109 Å². The van der Waals surface area contributed by atoms with Crippen LogP contribution in [0.1, 0.15) is 11.1 Å². The predicted octanol–water partition coefficient (Wildman–Crippen LogP) is 2.40. The van der Waals surface area contributed by atoms with Crippen LogP contribution in [-0.2, 0) is 21.2 Å². The molecule has 0 heterocycles. The van der Waals surface area contributed by atoms with E-state index >= 15 is 0 Å². The van der Waals surface area contributed by atoms with Gasteiger partial charge in [-0.1, -0.05) is 17.7 Å². The first-order valence-corrected chi connectivity index (χ1v) is 8.91. The Labute approximate surface area is 145 Å². The Morgan fingerprint density at radius 2 is 1.88 bits per heavy atom. The molecule has 0 aliphatic carbocycles. The van der Waals surface area contributed by atoms with Crippen LogP contribution in [0.4, 0.5) is 5.69 Å². The number of hydrogen-bond donors (Lipinski definition) is 3. The molecule has 0 fully saturated rings. The van der Waals surface area contributed by atoms with E-state index in [0.29, 0.717) is 21.8 Å². The highest BCUT2D eigenvalue weighted by molar-refractivity contribution is 7.92. The second kappa shape index (κ2) is 7.21. The molecular weight excluding hydrogens is 352 g/mol. The number of carboxylic acid groups (broad SMARTS) is 1. The van der Waals surface area contributed by atoms with Gasteiger partial charge in [0.15, 0.2) is 0 Å². The van der Waals surface area contributed by atoms with E-state index in [4.69, 9.17) is 22.4 Å². The van der Waals surface area contributed by atoms with Crippen molar-refractivity contribution < 1.29 is 18.3 Å². The second-order valence-corrected chi connectivity index (χ2v) is 7.47. The summed E-state index contributed by atoms with van der Waals surface area (Å²) in [6.07, 6.45) is 0.131. The van der Waals surface area contributed by atoms with Crippen LogP contribution in [0, 0.1) is 6.92 Å². The Kier molecular flexibility index (Phi) is 5.48. The first-order chi connectivity index (χ1) is 11.2. The van der Waals surface area contributed by atoms with Crippen molar-refractivity contribution in [1.82, 2.24) is 0 Å². The number of carboxylic acids is 1. The molecule has 0 unspecified atom stereocenters. The van der Waals surface area contributed by atoms with Gasteiger partial charge in [0.25, 0.3) is 10.0 Å². The Morgan fingerprint density at radius 3 is 2.42 bits per heavy atom. The lowest BCUT2D eigenvalue weighted by Crippen LogP contribution is -2.32. The fourth-order valence-corrected chi connectivity index (χ4v) is 3.39. The fourth-order valence-electron chi connectivity index (χ4n) is 2.12. The van der Waals surface area contributed by atoms with Crippen LogP contribution in [0.3, 0.4) is 0 Å². The molecule has 2 aromatic carbocycles. The smallest absolute Gasteiger partial charge is 0.320 e. The number of sulfonamides is 1. The molecule has 6 nitrogen and oxygen atoms in total. The van der Waals surface area contributed by atoms with E-state index < -0.39 is 22.0 Å². The van der Waals surface area contributed by atoms with E-state index in [1.54, 1.807) is 37.3 Å². The number of nitrogens with one attached hydrogen (secondary N) is 1. The Morgan fingerprint density at radius 1 is 1.25 bits per heavy atom. The molecule has 0 amide bonds. The molecule has 128 valence electrons. The highest BCUT2D eigenvalue weighted by Crippen LogP contribution is 2.21. The number of benzene rings is 2. The molecule has 2 rings (SSSR count). The van der Waals surface area contributed by atoms with Crippen molar-refractivity contribution in [3.05, 3.63) is 58.6 Å². The predicted molar refractivity (Wildman–Crippen MR) is 92.8 cm³/mol. The molecule has 0 saturated carbocycles. The van der Waals surface area contributed by atoms with Gasteiger partial charge in [-0.2, -0.15) is 0 Å². The van der Waals surface area contributed by atoms with Gasteiger partial charge in [-0.05, 0) is 60.9 Å². The summed E-state index contributed by atoms with van der Waals surface area (Å²) in [6.45, 7) is 1.71. The molecule has 0 radical (unpaired) electrons. The third-order valence-corrected chi connectivity index (χ3v) is 5.11. The monoisotopic (exact) mass is 368 g/mol. The average Bonchev–Trinajstić information content (AvgIpc) is 2.51. The molecule has 4 N–H and O–H groups in total. The standard InChI is InChI=1S/C16H17ClN2O4S/c1-10-8-14(7-2-11(10)9-15(18)16(20)21)24(22,23)19-13-5-3-12(17)4-6-13/h2-8,15,19H,9,18H2,1H3,(H,20,21)/t15-/m0/s1. The summed E-state index contributed by atoms with van der Waals surface area (Å²) in [4.78, 5) is 10.9. The van der Waals surface area contributed by atoms with Gasteiger partial charge >= 0.3 is 5.97 Å². The van der Waals surface area contributed by atoms with Crippen molar-refractivity contribution in [2.45, 2.75) is 24.3 Å². The van der Waals surface area contributed by atoms with Gasteiger partial charge in [-0.25, -0.2) is 8.42 Å². The van der Waals surface area contributed by atoms with E-state index in [0.717, 1.165) is 0 Å². The maximum Gasteiger partial charge on any atom is 0.320 e. The van der Waals surface area contributed by atoms with Crippen LogP contribution in [0.25, 0.3) is 0 Å². The van der Waals surface area contributed by atoms with Gasteiger partial charge in [0.05, 0.1) is 4.90 Å². The average molecular weight is 369 g/mol.